The van der Waals surface area contributed by atoms with Gasteiger partial charge in [-0.25, -0.2) is 24.9 Å². The summed E-state index contributed by atoms with van der Waals surface area (Å²) in [5, 5.41) is 11.1. The lowest BCUT2D eigenvalue weighted by atomic mass is 10.1. The predicted octanol–water partition coefficient (Wildman–Crippen LogP) is 2.54. The first-order chi connectivity index (χ1) is 14.8. The number of aromatic nitrogens is 8. The molecule has 0 spiro atoms. The van der Waals surface area contributed by atoms with Crippen molar-refractivity contribution in [3.63, 3.8) is 0 Å². The lowest BCUT2D eigenvalue weighted by Gasteiger charge is -2.04. The quantitative estimate of drug-likeness (QED) is 0.401. The number of nitrogens with zero attached hydrogens (tertiary/aromatic N) is 6. The van der Waals surface area contributed by atoms with Crippen LogP contribution in [0, 0.1) is 11.8 Å². The average Bonchev–Trinajstić information content (AvgIpc) is 3.48. The van der Waals surface area contributed by atoms with Crippen molar-refractivity contribution in [2.24, 2.45) is 0 Å². The van der Waals surface area contributed by atoms with E-state index in [2.05, 4.69) is 57.3 Å². The van der Waals surface area contributed by atoms with Crippen molar-refractivity contribution in [3.05, 3.63) is 78.4 Å². The van der Waals surface area contributed by atoms with Gasteiger partial charge in [-0.15, -0.1) is 0 Å². The van der Waals surface area contributed by atoms with Gasteiger partial charge in [-0.2, -0.15) is 5.10 Å². The molecule has 0 fully saturated rings. The zero-order valence-electron chi connectivity index (χ0n) is 15.7. The lowest BCUT2D eigenvalue weighted by molar-refractivity contribution is 0.966. The fraction of sp³-hybridized carbons (Fsp3) is 0.0476. The molecule has 0 aliphatic rings. The van der Waals surface area contributed by atoms with E-state index in [0.29, 0.717) is 29.7 Å². The molecule has 1 aromatic carbocycles. The molecule has 4 aromatic heterocycles. The number of hydrogen-bond donors (Lipinski definition) is 3. The molecule has 3 N–H and O–H groups in total. The van der Waals surface area contributed by atoms with E-state index in [-0.39, 0.29) is 0 Å². The second kappa shape index (κ2) is 7.81. The first-order valence-corrected chi connectivity index (χ1v) is 9.17. The molecule has 144 valence electrons. The summed E-state index contributed by atoms with van der Waals surface area (Å²) in [5.74, 6) is 7.96. The molecule has 0 saturated heterocycles. The maximum Gasteiger partial charge on any atom is 0.223 e. The second-order valence-electron chi connectivity index (χ2n) is 6.34. The molecule has 30 heavy (non-hydrogen) atoms. The summed E-state index contributed by atoms with van der Waals surface area (Å²) in [6, 6.07) is 9.41. The van der Waals surface area contributed by atoms with Crippen molar-refractivity contribution in [2.45, 2.75) is 6.54 Å². The van der Waals surface area contributed by atoms with Gasteiger partial charge in [0.2, 0.25) is 5.95 Å². The van der Waals surface area contributed by atoms with E-state index in [1.807, 2.05) is 18.2 Å². The highest BCUT2D eigenvalue weighted by atomic mass is 15.1. The summed E-state index contributed by atoms with van der Waals surface area (Å²) in [5.41, 5.74) is 3.08. The summed E-state index contributed by atoms with van der Waals surface area (Å²) >= 11 is 0. The molecular formula is C21H15N9. The van der Waals surface area contributed by atoms with Gasteiger partial charge in [-0.05, 0) is 36.3 Å². The zero-order valence-corrected chi connectivity index (χ0v) is 15.7. The highest BCUT2D eigenvalue weighted by molar-refractivity contribution is 5.79. The molecule has 9 nitrogen and oxygen atoms in total. The minimum absolute atomic E-state index is 0.470. The van der Waals surface area contributed by atoms with Gasteiger partial charge < -0.3 is 10.3 Å². The van der Waals surface area contributed by atoms with Gasteiger partial charge in [-0.3, -0.25) is 5.10 Å². The SMILES string of the molecule is C(#Cc1ccnc(-c2ccnc(NCc3ncc[nH]3)n2)n1)c1ccc2[nH]ncc2c1. The standard InChI is InChI=1S/C21H15N9/c1(14-2-4-17-15(11-14)12-27-30-17)3-16-5-7-24-20(28-16)18-6-8-25-21(29-18)26-13-19-22-9-10-23-19/h2,4-12H,13H2,(H,22,23)(H,27,30)(H,25,26,29). The number of benzene rings is 1. The molecular weight excluding hydrogens is 378 g/mol. The van der Waals surface area contributed by atoms with Crippen LogP contribution in [0.15, 0.2) is 61.3 Å². The summed E-state index contributed by atoms with van der Waals surface area (Å²) < 4.78 is 0. The van der Waals surface area contributed by atoms with E-state index >= 15 is 0 Å². The van der Waals surface area contributed by atoms with Crippen LogP contribution < -0.4 is 5.32 Å². The first-order valence-electron chi connectivity index (χ1n) is 9.17. The molecule has 0 amide bonds. The van der Waals surface area contributed by atoms with Crippen molar-refractivity contribution < 1.29 is 0 Å². The Labute approximate surface area is 171 Å². The number of fused-ring (bicyclic) bond motifs is 1. The third-order valence-corrected chi connectivity index (χ3v) is 4.28. The molecule has 9 heteroatoms. The Balaban J connectivity index is 1.36. The van der Waals surface area contributed by atoms with E-state index in [9.17, 15) is 0 Å². The zero-order chi connectivity index (χ0) is 20.2. The normalized spacial score (nSPS) is 10.5. The number of anilines is 1. The van der Waals surface area contributed by atoms with Crippen LogP contribution >= 0.6 is 0 Å². The molecule has 0 bridgehead atoms. The van der Waals surface area contributed by atoms with Crippen LogP contribution in [-0.4, -0.2) is 40.1 Å². The van der Waals surface area contributed by atoms with Crippen LogP contribution in [0.3, 0.4) is 0 Å². The number of imidazole rings is 1. The van der Waals surface area contributed by atoms with Crippen LogP contribution in [0.2, 0.25) is 0 Å². The molecule has 0 aliphatic heterocycles. The van der Waals surface area contributed by atoms with Crippen molar-refractivity contribution >= 4 is 16.9 Å². The van der Waals surface area contributed by atoms with Crippen LogP contribution in [0.25, 0.3) is 22.4 Å². The van der Waals surface area contributed by atoms with Gasteiger partial charge in [0.05, 0.1) is 18.3 Å². The molecule has 4 heterocycles. The third-order valence-electron chi connectivity index (χ3n) is 4.28. The topological polar surface area (TPSA) is 121 Å². The maximum absolute atomic E-state index is 4.52. The van der Waals surface area contributed by atoms with Gasteiger partial charge in [0.25, 0.3) is 0 Å². The van der Waals surface area contributed by atoms with Gasteiger partial charge >= 0.3 is 0 Å². The summed E-state index contributed by atoms with van der Waals surface area (Å²) in [4.78, 5) is 24.7. The van der Waals surface area contributed by atoms with Gasteiger partial charge in [-0.1, -0.05) is 5.92 Å². The van der Waals surface area contributed by atoms with Crippen molar-refractivity contribution in [2.75, 3.05) is 5.32 Å². The van der Waals surface area contributed by atoms with E-state index in [0.717, 1.165) is 22.3 Å². The Kier molecular flexibility index (Phi) is 4.56. The van der Waals surface area contributed by atoms with Gasteiger partial charge in [0.1, 0.15) is 17.2 Å². The predicted molar refractivity (Wildman–Crippen MR) is 111 cm³/mol. The van der Waals surface area contributed by atoms with Crippen LogP contribution in [0.4, 0.5) is 5.95 Å². The van der Waals surface area contributed by atoms with E-state index in [4.69, 9.17) is 0 Å². The van der Waals surface area contributed by atoms with Crippen LogP contribution in [0.1, 0.15) is 17.1 Å². The average molecular weight is 393 g/mol. The second-order valence-corrected chi connectivity index (χ2v) is 6.34. The molecule has 5 aromatic rings. The Morgan fingerprint density at radius 1 is 0.933 bits per heavy atom. The van der Waals surface area contributed by atoms with Gasteiger partial charge in [0, 0.05) is 35.7 Å². The third kappa shape index (κ3) is 3.83. The Bertz CT molecular complexity index is 1360. The smallest absolute Gasteiger partial charge is 0.223 e. The fourth-order valence-electron chi connectivity index (χ4n) is 2.83. The summed E-state index contributed by atoms with van der Waals surface area (Å²) in [6.45, 7) is 0.490. The Hall–Kier alpha value is -4.58. The molecule has 0 saturated carbocycles. The first kappa shape index (κ1) is 17.5. The summed E-state index contributed by atoms with van der Waals surface area (Å²) in [6.07, 6.45) is 8.57. The maximum atomic E-state index is 4.52. The monoisotopic (exact) mass is 393 g/mol. The Morgan fingerprint density at radius 2 is 1.90 bits per heavy atom. The Morgan fingerprint density at radius 3 is 2.83 bits per heavy atom. The highest BCUT2D eigenvalue weighted by Crippen LogP contribution is 2.14. The van der Waals surface area contributed by atoms with Crippen molar-refractivity contribution in [1.29, 1.82) is 0 Å². The van der Waals surface area contributed by atoms with Gasteiger partial charge in [0.15, 0.2) is 5.82 Å². The summed E-state index contributed by atoms with van der Waals surface area (Å²) in [7, 11) is 0. The number of H-pyrrole nitrogens is 2. The molecule has 5 rings (SSSR count). The lowest BCUT2D eigenvalue weighted by Crippen LogP contribution is -2.05. The largest absolute Gasteiger partial charge is 0.347 e. The van der Waals surface area contributed by atoms with E-state index < -0.39 is 0 Å². The van der Waals surface area contributed by atoms with E-state index in [1.165, 1.54) is 0 Å². The molecule has 0 atom stereocenters. The van der Waals surface area contributed by atoms with Crippen molar-refractivity contribution in [3.8, 4) is 23.4 Å². The number of nitrogens with one attached hydrogen (secondary N) is 3. The number of aromatic amines is 2. The highest BCUT2D eigenvalue weighted by Gasteiger charge is 2.06. The molecule has 0 unspecified atom stereocenters. The fourth-order valence-corrected chi connectivity index (χ4v) is 2.83. The number of rotatable bonds is 4. The van der Waals surface area contributed by atoms with Crippen molar-refractivity contribution in [1.82, 2.24) is 40.1 Å². The minimum Gasteiger partial charge on any atom is -0.347 e. The van der Waals surface area contributed by atoms with E-state index in [1.54, 1.807) is 43.1 Å². The van der Waals surface area contributed by atoms with Crippen LogP contribution in [-0.2, 0) is 6.54 Å². The minimum atomic E-state index is 0.470. The molecule has 0 radical (unpaired) electrons. The van der Waals surface area contributed by atoms with Crippen LogP contribution in [0.5, 0.6) is 0 Å². The number of hydrogen-bond acceptors (Lipinski definition) is 7. The molecule has 0 aliphatic carbocycles.